The Hall–Kier alpha value is -1.53. The maximum absolute atomic E-state index is 12.8. The lowest BCUT2D eigenvalue weighted by Gasteiger charge is -2.12. The summed E-state index contributed by atoms with van der Waals surface area (Å²) in [5.74, 6) is 0. The van der Waals surface area contributed by atoms with Crippen LogP contribution in [0.5, 0.6) is 0 Å². The molecule has 0 saturated carbocycles. The Kier molecular flexibility index (Phi) is 4.58. The molecule has 0 radical (unpaired) electrons. The van der Waals surface area contributed by atoms with Gasteiger partial charge >= 0.3 is 6.18 Å². The molecule has 0 spiro atoms. The molecule has 0 saturated heterocycles. The summed E-state index contributed by atoms with van der Waals surface area (Å²) < 4.78 is 38.3. The number of nitrogens with two attached hydrogens (primary N) is 1. The van der Waals surface area contributed by atoms with Crippen LogP contribution in [0.1, 0.15) is 22.4 Å². The summed E-state index contributed by atoms with van der Waals surface area (Å²) in [5, 5.41) is 0.307. The van der Waals surface area contributed by atoms with Gasteiger partial charge in [0.1, 0.15) is 10.7 Å². The zero-order valence-electron chi connectivity index (χ0n) is 11.7. The zero-order chi connectivity index (χ0) is 15.6. The third kappa shape index (κ3) is 3.77. The molecule has 21 heavy (non-hydrogen) atoms. The number of hydrogen-bond donors (Lipinski definition) is 1. The van der Waals surface area contributed by atoms with Crippen molar-refractivity contribution in [3.63, 3.8) is 0 Å². The first kappa shape index (κ1) is 15.9. The molecule has 2 N–H and O–H groups in total. The first-order valence-electron chi connectivity index (χ1n) is 6.33. The van der Waals surface area contributed by atoms with Crippen LogP contribution in [0.15, 0.2) is 40.3 Å². The van der Waals surface area contributed by atoms with Gasteiger partial charge in [0.05, 0.1) is 0 Å². The Labute approximate surface area is 125 Å². The van der Waals surface area contributed by atoms with Crippen LogP contribution in [0, 0.1) is 13.8 Å². The van der Waals surface area contributed by atoms with E-state index in [1.807, 2.05) is 32.0 Å². The van der Waals surface area contributed by atoms with Crippen LogP contribution in [-0.2, 0) is 12.7 Å². The third-order valence-corrected chi connectivity index (χ3v) is 4.21. The van der Waals surface area contributed by atoms with E-state index in [1.54, 1.807) is 0 Å². The van der Waals surface area contributed by atoms with Crippen molar-refractivity contribution in [1.82, 2.24) is 4.98 Å². The summed E-state index contributed by atoms with van der Waals surface area (Å²) in [7, 11) is 0. The quantitative estimate of drug-likeness (QED) is 0.917. The fourth-order valence-electron chi connectivity index (χ4n) is 1.79. The molecule has 2 rings (SSSR count). The van der Waals surface area contributed by atoms with Gasteiger partial charge in [-0.25, -0.2) is 4.98 Å². The lowest BCUT2D eigenvalue weighted by atomic mass is 10.2. The highest BCUT2D eigenvalue weighted by Crippen LogP contribution is 2.35. The smallest absolute Gasteiger partial charge is 0.326 e. The molecule has 1 aromatic heterocycles. The number of aromatic nitrogens is 1. The van der Waals surface area contributed by atoms with Gasteiger partial charge < -0.3 is 5.73 Å². The van der Waals surface area contributed by atoms with Gasteiger partial charge in [0, 0.05) is 11.4 Å². The molecular formula is C15H15F3N2S. The lowest BCUT2D eigenvalue weighted by molar-refractivity contribution is -0.141. The number of aryl methyl sites for hydroxylation is 2. The van der Waals surface area contributed by atoms with Crippen LogP contribution < -0.4 is 5.73 Å². The summed E-state index contributed by atoms with van der Waals surface area (Å²) >= 11 is 1.22. The predicted octanol–water partition coefficient (Wildman–Crippen LogP) is 4.33. The van der Waals surface area contributed by atoms with Crippen LogP contribution >= 0.6 is 11.8 Å². The molecular weight excluding hydrogens is 297 g/mol. The number of benzene rings is 1. The lowest BCUT2D eigenvalue weighted by Crippen LogP contribution is -2.10. The van der Waals surface area contributed by atoms with Crippen LogP contribution in [0.3, 0.4) is 0 Å². The molecule has 112 valence electrons. The van der Waals surface area contributed by atoms with E-state index < -0.39 is 11.9 Å². The second kappa shape index (κ2) is 6.07. The monoisotopic (exact) mass is 312 g/mol. The van der Waals surface area contributed by atoms with E-state index in [1.165, 1.54) is 17.8 Å². The van der Waals surface area contributed by atoms with Gasteiger partial charge in [-0.05, 0) is 42.7 Å². The van der Waals surface area contributed by atoms with Crippen molar-refractivity contribution in [1.29, 1.82) is 0 Å². The number of alkyl halides is 3. The van der Waals surface area contributed by atoms with Crippen molar-refractivity contribution >= 4 is 11.8 Å². The number of halogens is 3. The Morgan fingerprint density at radius 1 is 1.14 bits per heavy atom. The fourth-order valence-corrected chi connectivity index (χ4v) is 2.90. The highest BCUT2D eigenvalue weighted by molar-refractivity contribution is 7.99. The van der Waals surface area contributed by atoms with Gasteiger partial charge in [-0.15, -0.1) is 0 Å². The van der Waals surface area contributed by atoms with Crippen molar-refractivity contribution < 1.29 is 13.2 Å². The molecule has 1 heterocycles. The average Bonchev–Trinajstić information content (AvgIpc) is 2.42. The maximum Gasteiger partial charge on any atom is 0.433 e. The highest BCUT2D eigenvalue weighted by atomic mass is 32.2. The fraction of sp³-hybridized carbons (Fsp3) is 0.267. The van der Waals surface area contributed by atoms with Crippen molar-refractivity contribution in [3.8, 4) is 0 Å². The van der Waals surface area contributed by atoms with Crippen LogP contribution in [0.4, 0.5) is 13.2 Å². The van der Waals surface area contributed by atoms with Crippen LogP contribution in [0.25, 0.3) is 0 Å². The van der Waals surface area contributed by atoms with E-state index >= 15 is 0 Å². The van der Waals surface area contributed by atoms with Crippen molar-refractivity contribution in [3.05, 3.63) is 52.7 Å². The van der Waals surface area contributed by atoms with Crippen molar-refractivity contribution in [2.24, 2.45) is 5.73 Å². The van der Waals surface area contributed by atoms with Gasteiger partial charge in [0.15, 0.2) is 0 Å². The summed E-state index contributed by atoms with van der Waals surface area (Å²) in [6.45, 7) is 4.00. The van der Waals surface area contributed by atoms with E-state index in [0.717, 1.165) is 22.1 Å². The number of rotatable bonds is 3. The standard InChI is InChI=1S/C15H15F3N2S/c1-9-3-4-10(2)12(7-9)21-14-11(8-19)5-6-13(20-14)15(16,17)18/h3-7H,8,19H2,1-2H3. The number of hydrogen-bond acceptors (Lipinski definition) is 3. The SMILES string of the molecule is Cc1ccc(C)c(Sc2nc(C(F)(F)F)ccc2CN)c1. The van der Waals surface area contributed by atoms with E-state index in [4.69, 9.17) is 5.73 Å². The maximum atomic E-state index is 12.8. The molecule has 0 aliphatic heterocycles. The zero-order valence-corrected chi connectivity index (χ0v) is 12.5. The second-order valence-corrected chi connectivity index (χ2v) is 5.76. The highest BCUT2D eigenvalue weighted by Gasteiger charge is 2.33. The van der Waals surface area contributed by atoms with Crippen LogP contribution in [0.2, 0.25) is 0 Å². The van der Waals surface area contributed by atoms with Crippen molar-refractivity contribution in [2.75, 3.05) is 0 Å². The molecule has 0 aliphatic rings. The molecule has 0 amide bonds. The Morgan fingerprint density at radius 3 is 2.48 bits per heavy atom. The topological polar surface area (TPSA) is 38.9 Å². The van der Waals surface area contributed by atoms with Crippen molar-refractivity contribution in [2.45, 2.75) is 36.5 Å². The van der Waals surface area contributed by atoms with Gasteiger partial charge in [-0.2, -0.15) is 13.2 Å². The Morgan fingerprint density at radius 2 is 1.86 bits per heavy atom. The Balaban J connectivity index is 2.44. The van der Waals surface area contributed by atoms with Gasteiger partial charge in [0.2, 0.25) is 0 Å². The molecule has 0 fully saturated rings. The summed E-state index contributed by atoms with van der Waals surface area (Å²) in [4.78, 5) is 4.62. The molecule has 0 bridgehead atoms. The normalized spacial score (nSPS) is 11.7. The minimum absolute atomic E-state index is 0.151. The number of pyridine rings is 1. The molecule has 0 unspecified atom stereocenters. The molecule has 2 aromatic rings. The van der Waals surface area contributed by atoms with Gasteiger partial charge in [0.25, 0.3) is 0 Å². The van der Waals surface area contributed by atoms with Gasteiger partial charge in [-0.1, -0.05) is 30.0 Å². The molecule has 0 atom stereocenters. The predicted molar refractivity (Wildman–Crippen MR) is 77.2 cm³/mol. The second-order valence-electron chi connectivity index (χ2n) is 4.73. The summed E-state index contributed by atoms with van der Waals surface area (Å²) in [6, 6.07) is 8.19. The molecule has 1 aromatic carbocycles. The first-order chi connectivity index (χ1) is 9.81. The van der Waals surface area contributed by atoms with Gasteiger partial charge in [-0.3, -0.25) is 0 Å². The van der Waals surface area contributed by atoms with E-state index in [0.29, 0.717) is 10.6 Å². The third-order valence-electron chi connectivity index (χ3n) is 3.00. The minimum atomic E-state index is -4.45. The molecule has 6 heteroatoms. The van der Waals surface area contributed by atoms with Crippen LogP contribution in [-0.4, -0.2) is 4.98 Å². The van der Waals surface area contributed by atoms with E-state index in [9.17, 15) is 13.2 Å². The molecule has 0 aliphatic carbocycles. The minimum Gasteiger partial charge on any atom is -0.326 e. The summed E-state index contributed by atoms with van der Waals surface area (Å²) in [6.07, 6.45) is -4.45. The summed E-state index contributed by atoms with van der Waals surface area (Å²) in [5.41, 5.74) is 7.35. The molecule has 2 nitrogen and oxygen atoms in total. The van der Waals surface area contributed by atoms with E-state index in [-0.39, 0.29) is 6.54 Å². The number of nitrogens with zero attached hydrogens (tertiary/aromatic N) is 1. The average molecular weight is 312 g/mol. The van der Waals surface area contributed by atoms with E-state index in [2.05, 4.69) is 4.98 Å². The largest absolute Gasteiger partial charge is 0.433 e. The first-order valence-corrected chi connectivity index (χ1v) is 7.15. The Bertz CT molecular complexity index is 654.